The first-order valence-electron chi connectivity index (χ1n) is 5.01. The molecule has 0 amide bonds. The van der Waals surface area contributed by atoms with Gasteiger partial charge in [-0.25, -0.2) is 0 Å². The van der Waals surface area contributed by atoms with Crippen LogP contribution in [0.2, 0.25) is 0 Å². The molecular weight excluding hydrogens is 317 g/mol. The second-order valence-corrected chi connectivity index (χ2v) is 5.49. The highest BCUT2D eigenvalue weighted by Crippen LogP contribution is 2.30. The highest BCUT2D eigenvalue weighted by molar-refractivity contribution is 14.1. The second-order valence-electron chi connectivity index (χ2n) is 4.25. The second kappa shape index (κ2) is 5.14. The van der Waals surface area contributed by atoms with Crippen LogP contribution in [0, 0.1) is 3.57 Å². The number of hydrogen-bond acceptors (Lipinski definition) is 2. The summed E-state index contributed by atoms with van der Waals surface area (Å²) >= 11 is 2.24. The Morgan fingerprint density at radius 3 is 2.25 bits per heavy atom. The maximum absolute atomic E-state index is 10.9. The minimum Gasteiger partial charge on any atom is -0.481 e. The first-order valence-corrected chi connectivity index (χ1v) is 6.09. The van der Waals surface area contributed by atoms with Crippen molar-refractivity contribution in [3.05, 3.63) is 33.4 Å². The van der Waals surface area contributed by atoms with Crippen LogP contribution in [0.15, 0.2) is 24.3 Å². The highest BCUT2D eigenvalue weighted by Gasteiger charge is 2.31. The molecule has 1 atom stereocenters. The van der Waals surface area contributed by atoms with Gasteiger partial charge in [0.05, 0.1) is 12.0 Å². The number of rotatable bonds is 4. The van der Waals surface area contributed by atoms with Crippen LogP contribution in [0.3, 0.4) is 0 Å². The van der Waals surface area contributed by atoms with Gasteiger partial charge in [-0.3, -0.25) is 9.69 Å². The van der Waals surface area contributed by atoms with Gasteiger partial charge in [0, 0.05) is 3.57 Å². The highest BCUT2D eigenvalue weighted by atomic mass is 127. The Hall–Kier alpha value is -0.620. The molecule has 0 aliphatic carbocycles. The average molecular weight is 333 g/mol. The van der Waals surface area contributed by atoms with E-state index in [0.29, 0.717) is 0 Å². The van der Waals surface area contributed by atoms with Crippen LogP contribution in [0.5, 0.6) is 0 Å². The summed E-state index contributed by atoms with van der Waals surface area (Å²) in [6.45, 7) is 1.95. The van der Waals surface area contributed by atoms with Crippen LogP contribution in [-0.2, 0) is 10.3 Å². The number of hydrogen-bond donors (Lipinski definition) is 1. The molecule has 0 heterocycles. The summed E-state index contributed by atoms with van der Waals surface area (Å²) in [7, 11) is 3.81. The van der Waals surface area contributed by atoms with Crippen LogP contribution < -0.4 is 0 Å². The van der Waals surface area contributed by atoms with E-state index in [0.717, 1.165) is 9.13 Å². The Morgan fingerprint density at radius 2 is 1.88 bits per heavy atom. The van der Waals surface area contributed by atoms with Crippen LogP contribution in [0.1, 0.15) is 18.9 Å². The SMILES string of the molecule is CN(C)C(C)(CC(=O)O)c1ccc(I)cc1. The molecule has 1 aromatic carbocycles. The Labute approximate surface area is 110 Å². The predicted molar refractivity (Wildman–Crippen MR) is 72.5 cm³/mol. The third-order valence-electron chi connectivity index (χ3n) is 2.95. The van der Waals surface area contributed by atoms with Gasteiger partial charge in [-0.05, 0) is 61.3 Å². The van der Waals surface area contributed by atoms with E-state index in [1.165, 1.54) is 0 Å². The molecule has 1 unspecified atom stereocenters. The number of carboxylic acids is 1. The molecule has 16 heavy (non-hydrogen) atoms. The molecule has 0 saturated carbocycles. The summed E-state index contributed by atoms with van der Waals surface area (Å²) < 4.78 is 1.15. The Morgan fingerprint density at radius 1 is 1.38 bits per heavy atom. The van der Waals surface area contributed by atoms with Crippen molar-refractivity contribution in [1.29, 1.82) is 0 Å². The minimum atomic E-state index is -0.783. The van der Waals surface area contributed by atoms with E-state index >= 15 is 0 Å². The molecule has 1 N–H and O–H groups in total. The number of nitrogens with zero attached hydrogens (tertiary/aromatic N) is 1. The first kappa shape index (κ1) is 13.4. The van der Waals surface area contributed by atoms with E-state index in [4.69, 9.17) is 5.11 Å². The third kappa shape index (κ3) is 2.95. The van der Waals surface area contributed by atoms with Crippen molar-refractivity contribution < 1.29 is 9.90 Å². The van der Waals surface area contributed by atoms with Gasteiger partial charge in [-0.2, -0.15) is 0 Å². The smallest absolute Gasteiger partial charge is 0.305 e. The topological polar surface area (TPSA) is 40.5 Å². The molecule has 0 fully saturated rings. The Balaban J connectivity index is 3.10. The van der Waals surface area contributed by atoms with Gasteiger partial charge in [-0.1, -0.05) is 12.1 Å². The number of carbonyl (C=O) groups is 1. The fraction of sp³-hybridized carbons (Fsp3) is 0.417. The van der Waals surface area contributed by atoms with Gasteiger partial charge in [0.1, 0.15) is 0 Å². The van der Waals surface area contributed by atoms with E-state index in [2.05, 4.69) is 22.6 Å². The summed E-state index contributed by atoms with van der Waals surface area (Å²) in [5, 5.41) is 8.99. The molecule has 3 nitrogen and oxygen atoms in total. The zero-order chi connectivity index (χ0) is 12.3. The van der Waals surface area contributed by atoms with E-state index < -0.39 is 11.5 Å². The molecule has 0 aliphatic rings. The standard InChI is InChI=1S/C12H16INO2/c1-12(14(2)3,8-11(15)16)9-4-6-10(13)7-5-9/h4-7H,8H2,1-3H3,(H,15,16). The van der Waals surface area contributed by atoms with Crippen LogP contribution >= 0.6 is 22.6 Å². The number of benzene rings is 1. The van der Waals surface area contributed by atoms with Gasteiger partial charge in [0.15, 0.2) is 0 Å². The molecular formula is C12H16INO2. The van der Waals surface area contributed by atoms with Crippen molar-refractivity contribution in [3.63, 3.8) is 0 Å². The molecule has 4 heteroatoms. The summed E-state index contributed by atoms with van der Waals surface area (Å²) in [5.74, 6) is -0.783. The third-order valence-corrected chi connectivity index (χ3v) is 3.67. The van der Waals surface area contributed by atoms with Crippen molar-refractivity contribution >= 4 is 28.6 Å². The van der Waals surface area contributed by atoms with E-state index in [1.54, 1.807) is 0 Å². The number of halogens is 1. The average Bonchev–Trinajstić information content (AvgIpc) is 2.17. The van der Waals surface area contributed by atoms with E-state index in [1.807, 2.05) is 50.2 Å². The maximum Gasteiger partial charge on any atom is 0.305 e. The molecule has 88 valence electrons. The fourth-order valence-corrected chi connectivity index (χ4v) is 1.98. The minimum absolute atomic E-state index is 0.0978. The first-order chi connectivity index (χ1) is 7.36. The Bertz CT molecular complexity index is 375. The van der Waals surface area contributed by atoms with E-state index in [-0.39, 0.29) is 6.42 Å². The van der Waals surface area contributed by atoms with Gasteiger partial charge < -0.3 is 5.11 Å². The van der Waals surface area contributed by atoms with Gasteiger partial charge >= 0.3 is 5.97 Å². The molecule has 1 rings (SSSR count). The largest absolute Gasteiger partial charge is 0.481 e. The number of carboxylic acid groups (broad SMARTS) is 1. The van der Waals surface area contributed by atoms with Crippen LogP contribution in [-0.4, -0.2) is 30.1 Å². The zero-order valence-electron chi connectivity index (χ0n) is 9.70. The molecule has 1 aromatic rings. The summed E-state index contributed by atoms with van der Waals surface area (Å²) in [5.41, 5.74) is 0.566. The molecule has 0 saturated heterocycles. The number of aliphatic carboxylic acids is 1. The van der Waals surface area contributed by atoms with Crippen molar-refractivity contribution in [2.24, 2.45) is 0 Å². The lowest BCUT2D eigenvalue weighted by molar-refractivity contribution is -0.140. The molecule has 0 aromatic heterocycles. The normalized spacial score (nSPS) is 14.8. The van der Waals surface area contributed by atoms with Gasteiger partial charge in [-0.15, -0.1) is 0 Å². The van der Waals surface area contributed by atoms with Crippen molar-refractivity contribution in [3.8, 4) is 0 Å². The van der Waals surface area contributed by atoms with Crippen molar-refractivity contribution in [2.45, 2.75) is 18.9 Å². The van der Waals surface area contributed by atoms with Gasteiger partial charge in [0.2, 0.25) is 0 Å². The zero-order valence-corrected chi connectivity index (χ0v) is 11.9. The lowest BCUT2D eigenvalue weighted by Gasteiger charge is -2.35. The molecule has 0 aliphatic heterocycles. The quantitative estimate of drug-likeness (QED) is 0.861. The van der Waals surface area contributed by atoms with Crippen molar-refractivity contribution in [2.75, 3.05) is 14.1 Å². The van der Waals surface area contributed by atoms with E-state index in [9.17, 15) is 4.79 Å². The molecule has 0 spiro atoms. The summed E-state index contributed by atoms with van der Waals surface area (Å²) in [6, 6.07) is 7.98. The lowest BCUT2D eigenvalue weighted by Crippen LogP contribution is -2.40. The monoisotopic (exact) mass is 333 g/mol. The molecule has 0 radical (unpaired) electrons. The van der Waals surface area contributed by atoms with Crippen LogP contribution in [0.25, 0.3) is 0 Å². The van der Waals surface area contributed by atoms with Crippen molar-refractivity contribution in [1.82, 2.24) is 4.90 Å². The summed E-state index contributed by atoms with van der Waals surface area (Å²) in [6.07, 6.45) is 0.0978. The van der Waals surface area contributed by atoms with Crippen LogP contribution in [0.4, 0.5) is 0 Å². The Kier molecular flexibility index (Phi) is 4.32. The van der Waals surface area contributed by atoms with Gasteiger partial charge in [0.25, 0.3) is 0 Å². The fourth-order valence-electron chi connectivity index (χ4n) is 1.62. The molecule has 0 bridgehead atoms. The lowest BCUT2D eigenvalue weighted by atomic mass is 9.87. The predicted octanol–water partition coefficient (Wildman–Crippen LogP) is 2.54. The maximum atomic E-state index is 10.9. The summed E-state index contributed by atoms with van der Waals surface area (Å²) in [4.78, 5) is 12.9.